The molecule has 0 saturated carbocycles. The van der Waals surface area contributed by atoms with Crippen LogP contribution >= 0.6 is 0 Å². The van der Waals surface area contributed by atoms with Gasteiger partial charge in [-0.25, -0.2) is 4.79 Å². The maximum Gasteiger partial charge on any atom is 0.328 e. The van der Waals surface area contributed by atoms with Gasteiger partial charge in [-0.3, -0.25) is 4.79 Å². The van der Waals surface area contributed by atoms with Gasteiger partial charge < -0.3 is 15.4 Å². The highest BCUT2D eigenvalue weighted by molar-refractivity contribution is 5.86. The SMILES string of the molecule is C=C/C=C\C=C\c1ccc(CC(NC(=O)C2CCCNC2)C(=O)OC)cc1. The summed E-state index contributed by atoms with van der Waals surface area (Å²) in [7, 11) is 1.34. The van der Waals surface area contributed by atoms with E-state index in [1.54, 1.807) is 6.08 Å². The zero-order valence-corrected chi connectivity index (χ0v) is 15.8. The van der Waals surface area contributed by atoms with Crippen LogP contribution in [0.25, 0.3) is 6.08 Å². The number of ether oxygens (including phenoxy) is 1. The summed E-state index contributed by atoms with van der Waals surface area (Å²) >= 11 is 0. The minimum absolute atomic E-state index is 0.0915. The summed E-state index contributed by atoms with van der Waals surface area (Å²) in [6, 6.07) is 7.20. The average molecular weight is 368 g/mol. The summed E-state index contributed by atoms with van der Waals surface area (Å²) in [6.45, 7) is 5.22. The third-order valence-electron chi connectivity index (χ3n) is 4.54. The van der Waals surface area contributed by atoms with Crippen molar-refractivity contribution in [3.8, 4) is 0 Å². The van der Waals surface area contributed by atoms with Crippen LogP contribution in [0.2, 0.25) is 0 Å². The number of methoxy groups -OCH3 is 1. The van der Waals surface area contributed by atoms with E-state index in [0.29, 0.717) is 13.0 Å². The van der Waals surface area contributed by atoms with E-state index in [9.17, 15) is 9.59 Å². The Labute approximate surface area is 161 Å². The fourth-order valence-corrected chi connectivity index (χ4v) is 3.01. The van der Waals surface area contributed by atoms with Gasteiger partial charge >= 0.3 is 5.97 Å². The lowest BCUT2D eigenvalue weighted by Gasteiger charge is -2.24. The van der Waals surface area contributed by atoms with Gasteiger partial charge in [0.25, 0.3) is 0 Å². The summed E-state index contributed by atoms with van der Waals surface area (Å²) in [6.07, 6.45) is 11.6. The van der Waals surface area contributed by atoms with E-state index in [-0.39, 0.29) is 11.8 Å². The number of piperidine rings is 1. The molecule has 0 aromatic heterocycles. The minimum Gasteiger partial charge on any atom is -0.467 e. The number of nitrogens with one attached hydrogen (secondary N) is 2. The lowest BCUT2D eigenvalue weighted by atomic mass is 9.97. The summed E-state index contributed by atoms with van der Waals surface area (Å²) in [4.78, 5) is 24.6. The predicted octanol–water partition coefficient (Wildman–Crippen LogP) is 2.64. The summed E-state index contributed by atoms with van der Waals surface area (Å²) in [5.74, 6) is -0.612. The van der Waals surface area contributed by atoms with Crippen molar-refractivity contribution >= 4 is 18.0 Å². The van der Waals surface area contributed by atoms with E-state index in [0.717, 1.165) is 30.5 Å². The van der Waals surface area contributed by atoms with Crippen LogP contribution in [-0.4, -0.2) is 38.1 Å². The van der Waals surface area contributed by atoms with Crippen LogP contribution < -0.4 is 10.6 Å². The highest BCUT2D eigenvalue weighted by atomic mass is 16.5. The first-order valence-electron chi connectivity index (χ1n) is 9.27. The molecule has 5 heteroatoms. The first-order valence-corrected chi connectivity index (χ1v) is 9.27. The molecule has 1 heterocycles. The van der Waals surface area contributed by atoms with Crippen LogP contribution in [0.15, 0.2) is 55.1 Å². The Morgan fingerprint density at radius 2 is 2.07 bits per heavy atom. The van der Waals surface area contributed by atoms with Crippen molar-refractivity contribution < 1.29 is 14.3 Å². The van der Waals surface area contributed by atoms with Crippen LogP contribution in [0, 0.1) is 5.92 Å². The molecule has 2 unspecified atom stereocenters. The molecule has 27 heavy (non-hydrogen) atoms. The van der Waals surface area contributed by atoms with Crippen molar-refractivity contribution in [1.29, 1.82) is 0 Å². The topological polar surface area (TPSA) is 67.4 Å². The second-order valence-corrected chi connectivity index (χ2v) is 6.55. The number of hydrogen-bond donors (Lipinski definition) is 2. The lowest BCUT2D eigenvalue weighted by molar-refractivity contribution is -0.145. The highest BCUT2D eigenvalue weighted by Gasteiger charge is 2.27. The number of rotatable bonds is 8. The molecular weight excluding hydrogens is 340 g/mol. The van der Waals surface area contributed by atoms with Crippen LogP contribution in [0.1, 0.15) is 24.0 Å². The zero-order chi connectivity index (χ0) is 19.5. The van der Waals surface area contributed by atoms with Gasteiger partial charge in [0.15, 0.2) is 0 Å². The van der Waals surface area contributed by atoms with Gasteiger partial charge in [-0.2, -0.15) is 0 Å². The Balaban J connectivity index is 1.99. The van der Waals surface area contributed by atoms with Crippen LogP contribution in [-0.2, 0) is 20.7 Å². The van der Waals surface area contributed by atoms with Gasteiger partial charge in [0.1, 0.15) is 6.04 Å². The molecule has 1 fully saturated rings. The van der Waals surface area contributed by atoms with E-state index >= 15 is 0 Å². The molecule has 1 aromatic carbocycles. The molecule has 1 aliphatic rings. The second kappa shape index (κ2) is 11.1. The van der Waals surface area contributed by atoms with E-state index < -0.39 is 12.0 Å². The molecular formula is C22H28N2O3. The number of benzene rings is 1. The number of allylic oxidation sites excluding steroid dienone is 4. The first kappa shape index (κ1) is 20.6. The second-order valence-electron chi connectivity index (χ2n) is 6.55. The Bertz CT molecular complexity index is 686. The van der Waals surface area contributed by atoms with Gasteiger partial charge in [-0.05, 0) is 30.5 Å². The maximum absolute atomic E-state index is 12.5. The molecule has 1 amide bonds. The fourth-order valence-electron chi connectivity index (χ4n) is 3.01. The van der Waals surface area contributed by atoms with E-state index in [1.165, 1.54) is 7.11 Å². The number of hydrogen-bond acceptors (Lipinski definition) is 4. The Morgan fingerprint density at radius 1 is 1.30 bits per heavy atom. The molecule has 0 bridgehead atoms. The molecule has 0 aliphatic carbocycles. The first-order chi connectivity index (χ1) is 13.1. The van der Waals surface area contributed by atoms with E-state index in [4.69, 9.17) is 4.74 Å². The summed E-state index contributed by atoms with van der Waals surface area (Å²) in [5, 5.41) is 6.08. The summed E-state index contributed by atoms with van der Waals surface area (Å²) < 4.78 is 4.88. The third-order valence-corrected chi connectivity index (χ3v) is 4.54. The molecule has 1 aromatic rings. The zero-order valence-electron chi connectivity index (χ0n) is 15.8. The lowest BCUT2D eigenvalue weighted by Crippen LogP contribution is -2.48. The number of carbonyl (C=O) groups excluding carboxylic acids is 2. The van der Waals surface area contributed by atoms with Crippen LogP contribution in [0.3, 0.4) is 0 Å². The monoisotopic (exact) mass is 368 g/mol. The summed E-state index contributed by atoms with van der Waals surface area (Å²) in [5.41, 5.74) is 2.02. The fraction of sp³-hybridized carbons (Fsp3) is 0.364. The molecule has 1 saturated heterocycles. The Morgan fingerprint density at radius 3 is 2.70 bits per heavy atom. The minimum atomic E-state index is -0.679. The molecule has 1 aliphatic heterocycles. The number of carbonyl (C=O) groups is 2. The largest absolute Gasteiger partial charge is 0.467 e. The van der Waals surface area contributed by atoms with Gasteiger partial charge in [0.2, 0.25) is 5.91 Å². The quantitative estimate of drug-likeness (QED) is 0.547. The van der Waals surface area contributed by atoms with E-state index in [1.807, 2.05) is 48.6 Å². The van der Waals surface area contributed by atoms with Crippen molar-refractivity contribution in [3.05, 3.63) is 66.3 Å². The normalized spacial score (nSPS) is 18.3. The smallest absolute Gasteiger partial charge is 0.328 e. The van der Waals surface area contributed by atoms with E-state index in [2.05, 4.69) is 17.2 Å². The van der Waals surface area contributed by atoms with Crippen molar-refractivity contribution in [2.24, 2.45) is 5.92 Å². The maximum atomic E-state index is 12.5. The molecule has 2 rings (SSSR count). The van der Waals surface area contributed by atoms with Crippen LogP contribution in [0.4, 0.5) is 0 Å². The predicted molar refractivity (Wildman–Crippen MR) is 108 cm³/mol. The number of esters is 1. The Kier molecular flexibility index (Phi) is 8.52. The van der Waals surface area contributed by atoms with Crippen molar-refractivity contribution in [1.82, 2.24) is 10.6 Å². The molecule has 5 nitrogen and oxygen atoms in total. The molecule has 144 valence electrons. The molecule has 2 atom stereocenters. The van der Waals surface area contributed by atoms with Gasteiger partial charge in [-0.1, -0.05) is 61.2 Å². The standard InChI is InChI=1S/C22H28N2O3/c1-3-4-5-6-8-17-10-12-18(13-11-17)15-20(22(26)27-2)24-21(25)19-9-7-14-23-16-19/h3-6,8,10-13,19-20,23H,1,7,9,14-16H2,2H3,(H,24,25)/b5-4-,8-6+. The molecule has 0 spiro atoms. The van der Waals surface area contributed by atoms with Gasteiger partial charge in [0, 0.05) is 13.0 Å². The number of amides is 1. The van der Waals surface area contributed by atoms with Crippen molar-refractivity contribution in [2.75, 3.05) is 20.2 Å². The third kappa shape index (κ3) is 6.87. The highest BCUT2D eigenvalue weighted by Crippen LogP contribution is 2.13. The van der Waals surface area contributed by atoms with Crippen molar-refractivity contribution in [2.45, 2.75) is 25.3 Å². The van der Waals surface area contributed by atoms with Crippen LogP contribution in [0.5, 0.6) is 0 Å². The Hall–Kier alpha value is -2.66. The molecule has 2 N–H and O–H groups in total. The van der Waals surface area contributed by atoms with Crippen molar-refractivity contribution in [3.63, 3.8) is 0 Å². The van der Waals surface area contributed by atoms with Gasteiger partial charge in [0.05, 0.1) is 13.0 Å². The average Bonchev–Trinajstić information content (AvgIpc) is 2.71. The van der Waals surface area contributed by atoms with Gasteiger partial charge in [-0.15, -0.1) is 0 Å². The molecule has 0 radical (unpaired) electrons.